The second kappa shape index (κ2) is 7.92. The number of benzene rings is 2. The number of nitrogens with one attached hydrogen (secondary N) is 1. The number of rotatable bonds is 5. The van der Waals surface area contributed by atoms with Crippen molar-refractivity contribution in [3.8, 4) is 0 Å². The second-order valence-electron chi connectivity index (χ2n) is 9.90. The van der Waals surface area contributed by atoms with Gasteiger partial charge in [-0.25, -0.2) is 13.1 Å². The van der Waals surface area contributed by atoms with Crippen LogP contribution in [0, 0.1) is 11.8 Å². The molecule has 2 fully saturated rings. The molecule has 5 rings (SSSR count). The van der Waals surface area contributed by atoms with E-state index < -0.39 is 21.2 Å². The fourth-order valence-corrected chi connectivity index (χ4v) is 7.08. The molecule has 3 aliphatic rings. The first kappa shape index (κ1) is 22.0. The lowest BCUT2D eigenvalue weighted by atomic mass is 9.74. The monoisotopic (exact) mass is 456 g/mol. The second-order valence-corrected chi connectivity index (χ2v) is 11.8. The fourth-order valence-electron chi connectivity index (χ4n) is 6.30. The van der Waals surface area contributed by atoms with E-state index in [-0.39, 0.29) is 16.7 Å². The molecule has 1 saturated carbocycles. The van der Waals surface area contributed by atoms with Gasteiger partial charge >= 0.3 is 0 Å². The molecule has 1 aliphatic heterocycles. The van der Waals surface area contributed by atoms with E-state index in [1.807, 2.05) is 12.1 Å². The van der Waals surface area contributed by atoms with E-state index in [0.29, 0.717) is 31.6 Å². The maximum Gasteiger partial charge on any atom is 0.240 e. The molecule has 0 radical (unpaired) electrons. The maximum atomic E-state index is 12.3. The van der Waals surface area contributed by atoms with Crippen molar-refractivity contribution >= 4 is 10.0 Å². The Morgan fingerprint density at radius 2 is 1.72 bits per heavy atom. The van der Waals surface area contributed by atoms with E-state index in [2.05, 4.69) is 27.8 Å². The molecule has 3 atom stereocenters. The zero-order valence-corrected chi connectivity index (χ0v) is 19.3. The molecule has 7 heteroatoms. The molecule has 2 aliphatic carbocycles. The van der Waals surface area contributed by atoms with Crippen LogP contribution in [0.4, 0.5) is 0 Å². The van der Waals surface area contributed by atoms with E-state index in [1.165, 1.54) is 18.2 Å². The van der Waals surface area contributed by atoms with Gasteiger partial charge in [-0.15, -0.1) is 0 Å². The maximum absolute atomic E-state index is 12.3. The Bertz CT molecular complexity index is 1100. The molecule has 2 aromatic rings. The van der Waals surface area contributed by atoms with Gasteiger partial charge in [0.2, 0.25) is 10.0 Å². The summed E-state index contributed by atoms with van der Waals surface area (Å²) < 4.78 is 26.9. The molecule has 172 valence electrons. The van der Waals surface area contributed by atoms with Crippen LogP contribution in [0.15, 0.2) is 53.4 Å². The minimum atomic E-state index is -3.57. The van der Waals surface area contributed by atoms with Gasteiger partial charge in [-0.3, -0.25) is 4.90 Å². The van der Waals surface area contributed by atoms with Crippen molar-refractivity contribution in [3.05, 3.63) is 65.2 Å². The van der Waals surface area contributed by atoms with Crippen LogP contribution in [0.1, 0.15) is 36.0 Å². The van der Waals surface area contributed by atoms with Crippen LogP contribution in [-0.2, 0) is 28.5 Å². The Morgan fingerprint density at radius 3 is 2.41 bits per heavy atom. The Labute approximate surface area is 190 Å². The molecule has 2 bridgehead atoms. The van der Waals surface area contributed by atoms with Crippen LogP contribution >= 0.6 is 0 Å². The minimum Gasteiger partial charge on any atom is -0.388 e. The normalized spacial score (nSPS) is 32.6. The van der Waals surface area contributed by atoms with Crippen molar-refractivity contribution in [2.24, 2.45) is 11.8 Å². The number of β-amino-alcohol motifs (C(OH)–C–C–N with tert-alkyl or cyclic N) is 1. The smallest absolute Gasteiger partial charge is 0.240 e. The lowest BCUT2D eigenvalue weighted by Crippen LogP contribution is -2.56. The number of fused-ring (bicyclic) bond motifs is 3. The van der Waals surface area contributed by atoms with Gasteiger partial charge in [-0.1, -0.05) is 36.4 Å². The van der Waals surface area contributed by atoms with Gasteiger partial charge in [0, 0.05) is 37.9 Å². The van der Waals surface area contributed by atoms with E-state index in [1.54, 1.807) is 18.2 Å². The van der Waals surface area contributed by atoms with Gasteiger partial charge in [-0.2, -0.15) is 0 Å². The van der Waals surface area contributed by atoms with Crippen molar-refractivity contribution in [2.45, 2.75) is 48.2 Å². The number of nitrogens with zero attached hydrogens (tertiary/aromatic N) is 1. The van der Waals surface area contributed by atoms with E-state index in [9.17, 15) is 18.6 Å². The summed E-state index contributed by atoms with van der Waals surface area (Å²) >= 11 is 0. The molecule has 3 unspecified atom stereocenters. The van der Waals surface area contributed by atoms with E-state index in [4.69, 9.17) is 0 Å². The Hall–Kier alpha value is -1.77. The summed E-state index contributed by atoms with van der Waals surface area (Å²) in [6, 6.07) is 15.1. The standard InChI is InChI=1S/C25H32N2O4S/c1-26-32(30,31)23-8-4-7-20(13-23)25(29)21-9-10-22(25)16-27(15-21)17-24(28)12-11-18-5-2-3-6-19(18)14-24/h2-8,13,21-22,26,28-29H,9-12,14-17H2,1H3. The molecule has 3 N–H and O–H groups in total. The highest BCUT2D eigenvalue weighted by molar-refractivity contribution is 7.89. The lowest BCUT2D eigenvalue weighted by molar-refractivity contribution is -0.107. The van der Waals surface area contributed by atoms with Crippen molar-refractivity contribution in [3.63, 3.8) is 0 Å². The number of sulfonamides is 1. The van der Waals surface area contributed by atoms with Crippen LogP contribution in [0.5, 0.6) is 0 Å². The Balaban J connectivity index is 1.35. The van der Waals surface area contributed by atoms with Crippen LogP contribution in [0.3, 0.4) is 0 Å². The van der Waals surface area contributed by atoms with Crippen LogP contribution in [0.25, 0.3) is 0 Å². The molecule has 6 nitrogen and oxygen atoms in total. The topological polar surface area (TPSA) is 89.9 Å². The molecular formula is C25H32N2O4S. The molecule has 0 amide bonds. The number of aliphatic hydroxyl groups is 2. The summed E-state index contributed by atoms with van der Waals surface area (Å²) in [4.78, 5) is 2.50. The first-order chi connectivity index (χ1) is 15.2. The van der Waals surface area contributed by atoms with E-state index in [0.717, 1.165) is 25.7 Å². The highest BCUT2D eigenvalue weighted by Crippen LogP contribution is 2.51. The van der Waals surface area contributed by atoms with Gasteiger partial charge in [0.1, 0.15) is 0 Å². The number of aryl methyl sites for hydroxylation is 1. The highest BCUT2D eigenvalue weighted by Gasteiger charge is 2.54. The van der Waals surface area contributed by atoms with E-state index >= 15 is 0 Å². The number of piperidine rings is 1. The average Bonchev–Trinajstić information content (AvgIpc) is 2.96. The lowest BCUT2D eigenvalue weighted by Gasteiger charge is -2.47. The summed E-state index contributed by atoms with van der Waals surface area (Å²) in [7, 11) is -2.17. The van der Waals surface area contributed by atoms with Crippen molar-refractivity contribution < 1.29 is 18.6 Å². The molecule has 2 aromatic carbocycles. The van der Waals surface area contributed by atoms with Gasteiger partial charge < -0.3 is 10.2 Å². The molecule has 1 heterocycles. The molecule has 0 spiro atoms. The zero-order valence-electron chi connectivity index (χ0n) is 18.5. The summed E-state index contributed by atoms with van der Waals surface area (Å²) in [5.41, 5.74) is 1.48. The Morgan fingerprint density at radius 1 is 1.03 bits per heavy atom. The summed E-state index contributed by atoms with van der Waals surface area (Å²) in [6.45, 7) is 2.03. The van der Waals surface area contributed by atoms with Gasteiger partial charge in [-0.05, 0) is 61.6 Å². The SMILES string of the molecule is CNS(=O)(=O)c1cccc(C2(O)C3CCC2CN(CC2(O)CCc4ccccc4C2)C3)c1. The van der Waals surface area contributed by atoms with Crippen LogP contribution in [0.2, 0.25) is 0 Å². The molecule has 1 saturated heterocycles. The molecular weight excluding hydrogens is 424 g/mol. The van der Waals surface area contributed by atoms with Gasteiger partial charge in [0.15, 0.2) is 0 Å². The van der Waals surface area contributed by atoms with Gasteiger partial charge in [0.05, 0.1) is 16.1 Å². The summed E-state index contributed by atoms with van der Waals surface area (Å²) in [5, 5.41) is 23.2. The average molecular weight is 457 g/mol. The van der Waals surface area contributed by atoms with Gasteiger partial charge in [0.25, 0.3) is 0 Å². The quantitative estimate of drug-likeness (QED) is 0.641. The van der Waals surface area contributed by atoms with Crippen LogP contribution in [-0.4, -0.2) is 55.8 Å². The third-order valence-corrected chi connectivity index (χ3v) is 9.37. The zero-order chi connectivity index (χ0) is 22.6. The Kier molecular flexibility index (Phi) is 5.46. The third-order valence-electron chi connectivity index (χ3n) is 7.96. The number of hydrogen-bond acceptors (Lipinski definition) is 5. The van der Waals surface area contributed by atoms with Crippen molar-refractivity contribution in [2.75, 3.05) is 26.7 Å². The summed E-state index contributed by atoms with van der Waals surface area (Å²) in [6.07, 6.45) is 4.13. The number of hydrogen-bond donors (Lipinski definition) is 3. The van der Waals surface area contributed by atoms with Crippen LogP contribution < -0.4 is 4.72 Å². The fraction of sp³-hybridized carbons (Fsp3) is 0.520. The largest absolute Gasteiger partial charge is 0.388 e. The predicted octanol–water partition coefficient (Wildman–Crippen LogP) is 2.04. The first-order valence-corrected chi connectivity index (χ1v) is 13.0. The number of likely N-dealkylation sites (tertiary alicyclic amines) is 1. The third kappa shape index (κ3) is 3.70. The van der Waals surface area contributed by atoms with Crippen molar-refractivity contribution in [1.82, 2.24) is 9.62 Å². The molecule has 0 aromatic heterocycles. The van der Waals surface area contributed by atoms with Crippen molar-refractivity contribution in [1.29, 1.82) is 0 Å². The summed E-state index contributed by atoms with van der Waals surface area (Å²) in [5.74, 6) is 0.0431. The predicted molar refractivity (Wildman–Crippen MR) is 123 cm³/mol. The highest BCUT2D eigenvalue weighted by atomic mass is 32.2. The first-order valence-electron chi connectivity index (χ1n) is 11.5. The minimum absolute atomic E-state index is 0.0215. The molecule has 32 heavy (non-hydrogen) atoms.